The van der Waals surface area contributed by atoms with E-state index in [2.05, 4.69) is 16.0 Å². The third-order valence-corrected chi connectivity index (χ3v) is 8.02. The molecule has 8 nitrogen and oxygen atoms in total. The van der Waals surface area contributed by atoms with Gasteiger partial charge >= 0.3 is 0 Å². The molecule has 44 heavy (non-hydrogen) atoms. The number of hydrogen-bond acceptors (Lipinski definition) is 6. The molecule has 0 fully saturated rings. The molecular weight excluding hydrogens is 598 g/mol. The van der Waals surface area contributed by atoms with Crippen LogP contribution in [0.5, 0.6) is 11.5 Å². The zero-order valence-electron chi connectivity index (χ0n) is 24.4. The average molecular weight is 630 g/mol. The first-order valence-corrected chi connectivity index (χ1v) is 15.0. The average Bonchev–Trinajstić information content (AvgIpc) is 3.04. The first kappa shape index (κ1) is 32.2. The second kappa shape index (κ2) is 15.7. The van der Waals surface area contributed by atoms with Gasteiger partial charge in [0.1, 0.15) is 17.2 Å². The molecule has 226 valence electrons. The van der Waals surface area contributed by atoms with E-state index in [1.807, 2.05) is 13.0 Å². The highest BCUT2D eigenvalue weighted by Gasteiger charge is 2.21. The van der Waals surface area contributed by atoms with Gasteiger partial charge in [-0.25, -0.2) is 0 Å². The van der Waals surface area contributed by atoms with Crippen LogP contribution in [0.4, 0.5) is 11.4 Å². The Morgan fingerprint density at radius 2 is 1.61 bits per heavy atom. The number of nitrogens with one attached hydrogen (secondary N) is 3. The minimum absolute atomic E-state index is 0.0530. The molecule has 1 atom stereocenters. The highest BCUT2D eigenvalue weighted by molar-refractivity contribution is 8.00. The zero-order valence-corrected chi connectivity index (χ0v) is 26.0. The second-order valence-electron chi connectivity index (χ2n) is 9.48. The number of thioether (sulfide) groups is 1. The van der Waals surface area contributed by atoms with E-state index in [0.29, 0.717) is 45.4 Å². The molecule has 0 saturated heterocycles. The van der Waals surface area contributed by atoms with Gasteiger partial charge in [0.05, 0.1) is 25.2 Å². The molecule has 0 heterocycles. The Hall–Kier alpha value is -4.73. The lowest BCUT2D eigenvalue weighted by atomic mass is 10.1. The van der Waals surface area contributed by atoms with E-state index in [1.54, 1.807) is 104 Å². The summed E-state index contributed by atoms with van der Waals surface area (Å²) in [4.78, 5) is 40.4. The topological polar surface area (TPSA) is 106 Å². The van der Waals surface area contributed by atoms with Crippen molar-refractivity contribution in [2.24, 2.45) is 0 Å². The lowest BCUT2D eigenvalue weighted by Crippen LogP contribution is -2.30. The molecule has 0 radical (unpaired) electrons. The highest BCUT2D eigenvalue weighted by atomic mass is 35.5. The van der Waals surface area contributed by atoms with Gasteiger partial charge < -0.3 is 25.4 Å². The molecule has 4 aromatic rings. The van der Waals surface area contributed by atoms with E-state index in [-0.39, 0.29) is 11.6 Å². The number of benzene rings is 4. The number of ether oxygens (including phenoxy) is 2. The maximum Gasteiger partial charge on any atom is 0.272 e. The number of amides is 3. The van der Waals surface area contributed by atoms with Crippen molar-refractivity contribution < 1.29 is 23.9 Å². The Kier molecular flexibility index (Phi) is 11.5. The van der Waals surface area contributed by atoms with E-state index in [9.17, 15) is 14.4 Å². The van der Waals surface area contributed by atoms with Gasteiger partial charge in [-0.05, 0) is 72.7 Å². The van der Waals surface area contributed by atoms with E-state index in [4.69, 9.17) is 21.1 Å². The summed E-state index contributed by atoms with van der Waals surface area (Å²) >= 11 is 7.39. The van der Waals surface area contributed by atoms with Crippen LogP contribution in [0.3, 0.4) is 0 Å². The standard InChI is InChI=1S/C34H32ClN3O5S/c1-4-31(34(41)37-28-21-26(42-2)17-18-30(28)43-3)44-27-12-8-11-25(20-27)36-33(40)29(19-22-13-15-24(35)16-14-22)38-32(39)23-9-6-5-7-10-23/h5-21,31H,4H2,1-3H3,(H,36,40)(H,37,41)(H,38,39)/b29-19-. The number of halogens is 1. The van der Waals surface area contributed by atoms with Gasteiger partial charge in [-0.15, -0.1) is 11.8 Å². The van der Waals surface area contributed by atoms with Gasteiger partial charge in [0, 0.05) is 27.2 Å². The van der Waals surface area contributed by atoms with Crippen LogP contribution in [0.2, 0.25) is 5.02 Å². The fraction of sp³-hybridized carbons (Fsp3) is 0.147. The Labute approximate surface area is 265 Å². The molecule has 1 unspecified atom stereocenters. The van der Waals surface area contributed by atoms with Gasteiger partial charge in [-0.2, -0.15) is 0 Å². The molecule has 0 bridgehead atoms. The first-order chi connectivity index (χ1) is 21.3. The summed E-state index contributed by atoms with van der Waals surface area (Å²) in [6.07, 6.45) is 2.13. The molecule has 0 aliphatic heterocycles. The van der Waals surface area contributed by atoms with Crippen molar-refractivity contribution in [2.45, 2.75) is 23.5 Å². The van der Waals surface area contributed by atoms with Crippen molar-refractivity contribution in [3.8, 4) is 11.5 Å². The molecule has 0 spiro atoms. The highest BCUT2D eigenvalue weighted by Crippen LogP contribution is 2.32. The Morgan fingerprint density at radius 3 is 2.30 bits per heavy atom. The third-order valence-electron chi connectivity index (χ3n) is 6.41. The van der Waals surface area contributed by atoms with Gasteiger partial charge in [0.25, 0.3) is 11.8 Å². The number of hydrogen-bond donors (Lipinski definition) is 3. The van der Waals surface area contributed by atoms with Crippen LogP contribution in [0, 0.1) is 0 Å². The van der Waals surface area contributed by atoms with Crippen LogP contribution < -0.4 is 25.4 Å². The largest absolute Gasteiger partial charge is 0.497 e. The number of rotatable bonds is 12. The smallest absolute Gasteiger partial charge is 0.272 e. The third kappa shape index (κ3) is 8.89. The zero-order chi connectivity index (χ0) is 31.5. The quantitative estimate of drug-likeness (QED) is 0.112. The number of anilines is 2. The van der Waals surface area contributed by atoms with Crippen molar-refractivity contribution in [1.82, 2.24) is 5.32 Å². The predicted molar refractivity (Wildman–Crippen MR) is 177 cm³/mol. The van der Waals surface area contributed by atoms with Crippen molar-refractivity contribution in [3.05, 3.63) is 119 Å². The van der Waals surface area contributed by atoms with E-state index < -0.39 is 17.1 Å². The van der Waals surface area contributed by atoms with Crippen molar-refractivity contribution >= 4 is 58.5 Å². The van der Waals surface area contributed by atoms with Crippen LogP contribution in [0.1, 0.15) is 29.3 Å². The summed E-state index contributed by atoms with van der Waals surface area (Å²) in [5.74, 6) is -0.0217. The van der Waals surface area contributed by atoms with Crippen LogP contribution >= 0.6 is 23.4 Å². The molecule has 4 aromatic carbocycles. The first-order valence-electron chi connectivity index (χ1n) is 13.7. The van der Waals surface area contributed by atoms with Crippen molar-refractivity contribution in [3.63, 3.8) is 0 Å². The monoisotopic (exact) mass is 629 g/mol. The summed E-state index contributed by atoms with van der Waals surface area (Å²) in [6, 6.07) is 27.9. The van der Waals surface area contributed by atoms with Crippen molar-refractivity contribution in [1.29, 1.82) is 0 Å². The summed E-state index contributed by atoms with van der Waals surface area (Å²) in [5, 5.41) is 8.66. The van der Waals surface area contributed by atoms with Gasteiger partial charge in [0.15, 0.2) is 0 Å². The Bertz CT molecular complexity index is 1640. The predicted octanol–water partition coefficient (Wildman–Crippen LogP) is 7.28. The molecule has 10 heteroatoms. The van der Waals surface area contributed by atoms with Gasteiger partial charge in [0.2, 0.25) is 5.91 Å². The molecule has 3 amide bonds. The number of carbonyl (C=O) groups is 3. The SMILES string of the molecule is CCC(Sc1cccc(NC(=O)/C(=C/c2ccc(Cl)cc2)NC(=O)c2ccccc2)c1)C(=O)Nc1cc(OC)ccc1OC. The Morgan fingerprint density at radius 1 is 0.864 bits per heavy atom. The summed E-state index contributed by atoms with van der Waals surface area (Å²) in [6.45, 7) is 1.93. The maximum absolute atomic E-state index is 13.5. The second-order valence-corrected chi connectivity index (χ2v) is 11.2. The maximum atomic E-state index is 13.5. The lowest BCUT2D eigenvalue weighted by Gasteiger charge is -2.17. The Balaban J connectivity index is 1.50. The molecule has 0 aliphatic rings. The van der Waals surface area contributed by atoms with Crippen LogP contribution in [-0.2, 0) is 9.59 Å². The fourth-order valence-electron chi connectivity index (χ4n) is 4.13. The molecule has 4 rings (SSSR count). The minimum Gasteiger partial charge on any atom is -0.497 e. The molecule has 0 aliphatic carbocycles. The summed E-state index contributed by atoms with van der Waals surface area (Å²) < 4.78 is 10.7. The summed E-state index contributed by atoms with van der Waals surface area (Å²) in [5.41, 5.74) is 2.16. The molecule has 0 aromatic heterocycles. The molecular formula is C34H32ClN3O5S. The normalized spacial score (nSPS) is 11.7. The van der Waals surface area contributed by atoms with Crippen LogP contribution in [0.25, 0.3) is 6.08 Å². The van der Waals surface area contributed by atoms with E-state index in [1.165, 1.54) is 18.9 Å². The van der Waals surface area contributed by atoms with E-state index in [0.717, 1.165) is 4.90 Å². The lowest BCUT2D eigenvalue weighted by molar-refractivity contribution is -0.116. The fourth-order valence-corrected chi connectivity index (χ4v) is 5.26. The van der Waals surface area contributed by atoms with E-state index >= 15 is 0 Å². The number of carbonyl (C=O) groups excluding carboxylic acids is 3. The van der Waals surface area contributed by atoms with Crippen LogP contribution in [-0.4, -0.2) is 37.2 Å². The molecule has 0 saturated carbocycles. The van der Waals surface area contributed by atoms with Gasteiger partial charge in [-0.3, -0.25) is 14.4 Å². The van der Waals surface area contributed by atoms with Gasteiger partial charge in [-0.1, -0.05) is 54.9 Å². The van der Waals surface area contributed by atoms with Crippen molar-refractivity contribution in [2.75, 3.05) is 24.9 Å². The minimum atomic E-state index is -0.513. The summed E-state index contributed by atoms with van der Waals surface area (Å²) in [7, 11) is 3.09. The molecule has 3 N–H and O–H groups in total. The van der Waals surface area contributed by atoms with Crippen LogP contribution in [0.15, 0.2) is 108 Å². The number of methoxy groups -OCH3 is 2.